The minimum absolute atomic E-state index is 0.261. The first-order valence-electron chi connectivity index (χ1n) is 3.39. The summed E-state index contributed by atoms with van der Waals surface area (Å²) in [7, 11) is 3.53. The molecule has 0 aromatic carbocycles. The summed E-state index contributed by atoms with van der Waals surface area (Å²) >= 11 is 0. The Morgan fingerprint density at radius 1 is 1.55 bits per heavy atom. The number of aliphatic imine (C=N–C) groups is 1. The van der Waals surface area contributed by atoms with Crippen molar-refractivity contribution in [3.63, 3.8) is 0 Å². The average molecular weight is 157 g/mol. The highest BCUT2D eigenvalue weighted by Gasteiger charge is 2.06. The zero-order valence-electron chi connectivity index (χ0n) is 7.20. The van der Waals surface area contributed by atoms with Gasteiger partial charge in [-0.1, -0.05) is 0 Å². The lowest BCUT2D eigenvalue weighted by Crippen LogP contribution is -2.38. The second-order valence-electron chi connectivity index (χ2n) is 2.08. The van der Waals surface area contributed by atoms with E-state index in [1.807, 2.05) is 18.9 Å². The molecule has 5 heteroatoms. The van der Waals surface area contributed by atoms with Gasteiger partial charge in [-0.2, -0.15) is 5.10 Å². The molecule has 5 nitrogen and oxygen atoms in total. The van der Waals surface area contributed by atoms with Crippen molar-refractivity contribution in [3.05, 3.63) is 0 Å². The molecule has 0 saturated carbocycles. The molecule has 64 valence electrons. The van der Waals surface area contributed by atoms with E-state index in [-0.39, 0.29) is 5.84 Å². The van der Waals surface area contributed by atoms with Crippen molar-refractivity contribution in [2.24, 2.45) is 21.7 Å². The topological polar surface area (TPSA) is 80.0 Å². The second kappa shape index (κ2) is 4.54. The fourth-order valence-electron chi connectivity index (χ4n) is 0.688. The van der Waals surface area contributed by atoms with Crippen molar-refractivity contribution in [1.29, 1.82) is 0 Å². The maximum absolute atomic E-state index is 5.46. The lowest BCUT2D eigenvalue weighted by molar-refractivity contribution is 0.540. The van der Waals surface area contributed by atoms with Crippen LogP contribution in [-0.2, 0) is 0 Å². The largest absolute Gasteiger partial charge is 0.379 e. The van der Waals surface area contributed by atoms with Gasteiger partial charge in [0.25, 0.3) is 0 Å². The third-order valence-electron chi connectivity index (χ3n) is 1.42. The van der Waals surface area contributed by atoms with Crippen LogP contribution in [0.3, 0.4) is 0 Å². The number of likely N-dealkylation sites (N-methyl/N-ethyl adjacent to an activating group) is 1. The SMILES string of the molecule is CCN(C)C(=NC)/C(N)=N/N. The van der Waals surface area contributed by atoms with Gasteiger partial charge in [0.1, 0.15) is 0 Å². The summed E-state index contributed by atoms with van der Waals surface area (Å²) in [6.07, 6.45) is 0. The molecule has 0 aliphatic rings. The zero-order valence-corrected chi connectivity index (χ0v) is 7.20. The molecule has 0 heterocycles. The molecular formula is C6H15N5. The number of nitrogens with two attached hydrogens (primary N) is 2. The van der Waals surface area contributed by atoms with Crippen LogP contribution >= 0.6 is 0 Å². The fourth-order valence-corrected chi connectivity index (χ4v) is 0.688. The maximum atomic E-state index is 5.46. The minimum Gasteiger partial charge on any atom is -0.379 e. The van der Waals surface area contributed by atoms with Gasteiger partial charge in [-0.25, -0.2) is 0 Å². The number of hydrazone groups is 1. The van der Waals surface area contributed by atoms with Gasteiger partial charge in [0.05, 0.1) is 0 Å². The molecule has 0 spiro atoms. The number of amidine groups is 2. The smallest absolute Gasteiger partial charge is 0.185 e. The molecule has 0 atom stereocenters. The van der Waals surface area contributed by atoms with Gasteiger partial charge in [-0.3, -0.25) is 4.99 Å². The Morgan fingerprint density at radius 2 is 2.09 bits per heavy atom. The van der Waals surface area contributed by atoms with Crippen LogP contribution in [0.25, 0.3) is 0 Å². The summed E-state index contributed by atoms with van der Waals surface area (Å²) in [5, 5.41) is 3.35. The first-order chi connectivity index (χ1) is 5.17. The van der Waals surface area contributed by atoms with Crippen LogP contribution in [0.15, 0.2) is 10.1 Å². The van der Waals surface area contributed by atoms with Crippen molar-refractivity contribution in [2.75, 3.05) is 20.6 Å². The number of hydrogen-bond donors (Lipinski definition) is 2. The minimum atomic E-state index is 0.261. The van der Waals surface area contributed by atoms with E-state index >= 15 is 0 Å². The maximum Gasteiger partial charge on any atom is 0.185 e. The molecule has 0 saturated heterocycles. The van der Waals surface area contributed by atoms with Crippen LogP contribution in [0.5, 0.6) is 0 Å². The monoisotopic (exact) mass is 157 g/mol. The number of rotatable bonds is 1. The molecule has 0 bridgehead atoms. The van der Waals surface area contributed by atoms with Crippen molar-refractivity contribution < 1.29 is 0 Å². The summed E-state index contributed by atoms with van der Waals surface area (Å²) in [5.74, 6) is 5.88. The molecule has 0 rings (SSSR count). The van der Waals surface area contributed by atoms with E-state index in [4.69, 9.17) is 11.6 Å². The standard InChI is InChI=1S/C6H15N5/c1-4-11(3)6(9-2)5(7)10-8/h4,8H2,1-3H3,(H2,7,10). The van der Waals surface area contributed by atoms with Crippen LogP contribution in [0.1, 0.15) is 6.92 Å². The summed E-state index contributed by atoms with van der Waals surface area (Å²) in [5.41, 5.74) is 5.46. The van der Waals surface area contributed by atoms with Gasteiger partial charge >= 0.3 is 0 Å². The molecule has 11 heavy (non-hydrogen) atoms. The first-order valence-corrected chi connectivity index (χ1v) is 3.39. The third kappa shape index (κ3) is 2.45. The molecule has 0 aromatic rings. The molecule has 0 aliphatic carbocycles. The van der Waals surface area contributed by atoms with Gasteiger partial charge < -0.3 is 16.5 Å². The fraction of sp³-hybridized carbons (Fsp3) is 0.667. The van der Waals surface area contributed by atoms with Crippen molar-refractivity contribution in [3.8, 4) is 0 Å². The summed E-state index contributed by atoms with van der Waals surface area (Å²) in [6.45, 7) is 2.82. The van der Waals surface area contributed by atoms with E-state index in [2.05, 4.69) is 10.1 Å². The Kier molecular flexibility index (Phi) is 4.02. The van der Waals surface area contributed by atoms with Crippen LogP contribution in [0, 0.1) is 0 Å². The van der Waals surface area contributed by atoms with E-state index < -0.39 is 0 Å². The molecule has 0 unspecified atom stereocenters. The van der Waals surface area contributed by atoms with E-state index in [1.165, 1.54) is 0 Å². The van der Waals surface area contributed by atoms with Gasteiger partial charge in [0.15, 0.2) is 11.7 Å². The predicted octanol–water partition coefficient (Wildman–Crippen LogP) is -0.803. The first kappa shape index (κ1) is 9.74. The lowest BCUT2D eigenvalue weighted by Gasteiger charge is -2.17. The van der Waals surface area contributed by atoms with E-state index in [0.717, 1.165) is 6.54 Å². The van der Waals surface area contributed by atoms with Crippen LogP contribution in [-0.4, -0.2) is 37.2 Å². The molecule has 0 aliphatic heterocycles. The van der Waals surface area contributed by atoms with Gasteiger partial charge in [-0.05, 0) is 6.92 Å². The van der Waals surface area contributed by atoms with Crippen LogP contribution in [0.2, 0.25) is 0 Å². The van der Waals surface area contributed by atoms with Gasteiger partial charge in [0, 0.05) is 20.6 Å². The van der Waals surface area contributed by atoms with Crippen molar-refractivity contribution in [2.45, 2.75) is 6.92 Å². The van der Waals surface area contributed by atoms with Gasteiger partial charge in [-0.15, -0.1) is 0 Å². The van der Waals surface area contributed by atoms with Crippen molar-refractivity contribution >= 4 is 11.7 Å². The highest BCUT2D eigenvalue weighted by atomic mass is 15.2. The summed E-state index contributed by atoms with van der Waals surface area (Å²) < 4.78 is 0. The third-order valence-corrected chi connectivity index (χ3v) is 1.42. The molecular weight excluding hydrogens is 142 g/mol. The number of hydrogen-bond acceptors (Lipinski definition) is 3. The Hall–Kier alpha value is -1.26. The Balaban J connectivity index is 4.43. The second-order valence-corrected chi connectivity index (χ2v) is 2.08. The molecule has 0 radical (unpaired) electrons. The van der Waals surface area contributed by atoms with Gasteiger partial charge in [0.2, 0.25) is 0 Å². The van der Waals surface area contributed by atoms with E-state index in [1.54, 1.807) is 7.05 Å². The Morgan fingerprint density at radius 3 is 2.36 bits per heavy atom. The zero-order chi connectivity index (χ0) is 8.85. The summed E-state index contributed by atoms with van der Waals surface area (Å²) in [4.78, 5) is 5.80. The highest BCUT2D eigenvalue weighted by molar-refractivity contribution is 6.39. The predicted molar refractivity (Wildman–Crippen MR) is 47.5 cm³/mol. The average Bonchev–Trinajstić information content (AvgIpc) is 2.05. The molecule has 0 amide bonds. The van der Waals surface area contributed by atoms with Crippen LogP contribution < -0.4 is 11.6 Å². The Labute approximate surface area is 66.8 Å². The highest BCUT2D eigenvalue weighted by Crippen LogP contribution is 1.86. The number of nitrogens with zero attached hydrogens (tertiary/aromatic N) is 3. The normalized spacial score (nSPS) is 13.4. The molecule has 0 fully saturated rings. The summed E-state index contributed by atoms with van der Waals surface area (Å²) in [6, 6.07) is 0. The van der Waals surface area contributed by atoms with E-state index in [9.17, 15) is 0 Å². The van der Waals surface area contributed by atoms with E-state index in [0.29, 0.717) is 5.84 Å². The Bertz CT molecular complexity index is 172. The lowest BCUT2D eigenvalue weighted by atomic mass is 10.4. The van der Waals surface area contributed by atoms with Crippen LogP contribution in [0.4, 0.5) is 0 Å². The molecule has 0 aromatic heterocycles. The molecule has 4 N–H and O–H groups in total. The quantitative estimate of drug-likeness (QED) is 0.226. The van der Waals surface area contributed by atoms with Crippen molar-refractivity contribution in [1.82, 2.24) is 4.90 Å².